The zero-order chi connectivity index (χ0) is 25.8. The summed E-state index contributed by atoms with van der Waals surface area (Å²) in [4.78, 5) is 33.6. The van der Waals surface area contributed by atoms with Gasteiger partial charge in [-0.15, -0.1) is 0 Å². The molecule has 3 aromatic rings. The number of morpholine rings is 1. The van der Waals surface area contributed by atoms with E-state index in [0.717, 1.165) is 24.5 Å². The molecular formula is C27H25N3O6S. The summed E-state index contributed by atoms with van der Waals surface area (Å²) in [5.41, 5.74) is 1.65. The minimum Gasteiger partial charge on any atom is -0.497 e. The Morgan fingerprint density at radius 3 is 2.49 bits per heavy atom. The van der Waals surface area contributed by atoms with Gasteiger partial charge in [-0.3, -0.25) is 9.69 Å². The van der Waals surface area contributed by atoms with E-state index in [2.05, 4.69) is 4.90 Å². The molecule has 0 radical (unpaired) electrons. The summed E-state index contributed by atoms with van der Waals surface area (Å²) >= 11 is 1.27. The molecule has 9 nitrogen and oxygen atoms in total. The van der Waals surface area contributed by atoms with E-state index in [1.807, 2.05) is 36.4 Å². The maximum atomic E-state index is 13.5. The van der Waals surface area contributed by atoms with Crippen molar-refractivity contribution in [3.8, 4) is 5.75 Å². The van der Waals surface area contributed by atoms with Crippen molar-refractivity contribution in [2.75, 3.05) is 38.3 Å². The van der Waals surface area contributed by atoms with Crippen LogP contribution in [0.15, 0.2) is 75.0 Å². The fraction of sp³-hybridized carbons (Fsp3) is 0.222. The third-order valence-corrected chi connectivity index (χ3v) is 6.94. The van der Waals surface area contributed by atoms with Gasteiger partial charge in [-0.1, -0.05) is 12.1 Å². The Kier molecular flexibility index (Phi) is 7.29. The maximum Gasteiger partial charge on any atom is 0.335 e. The molecule has 0 atom stereocenters. The molecule has 1 N–H and O–H groups in total. The molecule has 5 rings (SSSR count). The number of methoxy groups -OCH3 is 1. The third kappa shape index (κ3) is 5.71. The number of thioether (sulfide) groups is 1. The molecule has 2 saturated heterocycles. The predicted octanol–water partition coefficient (Wildman–Crippen LogP) is 4.63. The molecule has 0 aliphatic carbocycles. The molecule has 0 bridgehead atoms. The highest BCUT2D eigenvalue weighted by molar-refractivity contribution is 8.18. The molecule has 2 fully saturated rings. The Balaban J connectivity index is 1.42. The molecule has 1 aromatic heterocycles. The summed E-state index contributed by atoms with van der Waals surface area (Å²) in [5.74, 6) is 0.830. The summed E-state index contributed by atoms with van der Waals surface area (Å²) in [6, 6.07) is 17.5. The van der Waals surface area contributed by atoms with Crippen LogP contribution >= 0.6 is 11.8 Å². The van der Waals surface area contributed by atoms with E-state index in [1.54, 1.807) is 30.2 Å². The van der Waals surface area contributed by atoms with Crippen LogP contribution in [0.25, 0.3) is 6.08 Å². The summed E-state index contributed by atoms with van der Waals surface area (Å²) in [6.07, 6.45) is 1.73. The van der Waals surface area contributed by atoms with Gasteiger partial charge in [0.05, 0.1) is 43.0 Å². The fourth-order valence-electron chi connectivity index (χ4n) is 3.94. The number of anilines is 1. The van der Waals surface area contributed by atoms with Gasteiger partial charge < -0.3 is 23.9 Å². The van der Waals surface area contributed by atoms with Gasteiger partial charge in [-0.2, -0.15) is 0 Å². The van der Waals surface area contributed by atoms with Gasteiger partial charge in [-0.25, -0.2) is 9.79 Å². The first-order valence-electron chi connectivity index (χ1n) is 11.7. The zero-order valence-electron chi connectivity index (χ0n) is 20.1. The van der Waals surface area contributed by atoms with Crippen molar-refractivity contribution in [3.05, 3.63) is 82.5 Å². The van der Waals surface area contributed by atoms with Crippen LogP contribution < -0.4 is 9.64 Å². The lowest BCUT2D eigenvalue weighted by Gasteiger charge is -2.26. The highest BCUT2D eigenvalue weighted by Gasteiger charge is 2.34. The van der Waals surface area contributed by atoms with E-state index >= 15 is 0 Å². The van der Waals surface area contributed by atoms with Gasteiger partial charge >= 0.3 is 5.97 Å². The lowest BCUT2D eigenvalue weighted by atomic mass is 10.1. The second-order valence-electron chi connectivity index (χ2n) is 8.37. The fourth-order valence-corrected chi connectivity index (χ4v) is 4.91. The molecule has 1 amide bonds. The number of nitrogens with zero attached hydrogens (tertiary/aromatic N) is 3. The van der Waals surface area contributed by atoms with Crippen LogP contribution in [0, 0.1) is 0 Å². The van der Waals surface area contributed by atoms with E-state index in [4.69, 9.17) is 18.9 Å². The van der Waals surface area contributed by atoms with E-state index in [9.17, 15) is 14.7 Å². The Hall–Kier alpha value is -4.02. The SMILES string of the molecule is COc1ccc(N=C2S/C(=C\c3ccc(N4CCOCC4)o3)C(=O)N2Cc2ccc(C(=O)O)cc2)cc1. The lowest BCUT2D eigenvalue weighted by Crippen LogP contribution is -2.35. The first kappa shape index (κ1) is 24.7. The van der Waals surface area contributed by atoms with Gasteiger partial charge in [0.25, 0.3) is 5.91 Å². The van der Waals surface area contributed by atoms with E-state index in [0.29, 0.717) is 40.5 Å². The average molecular weight is 520 g/mol. The van der Waals surface area contributed by atoms with Crippen molar-refractivity contribution in [3.63, 3.8) is 0 Å². The Morgan fingerprint density at radius 2 is 1.81 bits per heavy atom. The number of carboxylic acids is 1. The van der Waals surface area contributed by atoms with Crippen LogP contribution in [0.2, 0.25) is 0 Å². The summed E-state index contributed by atoms with van der Waals surface area (Å²) < 4.78 is 16.6. The number of carbonyl (C=O) groups excluding carboxylic acids is 1. The molecule has 0 unspecified atom stereocenters. The first-order valence-corrected chi connectivity index (χ1v) is 12.5. The number of furan rings is 1. The van der Waals surface area contributed by atoms with Gasteiger partial charge in [0.1, 0.15) is 11.5 Å². The van der Waals surface area contributed by atoms with Crippen LogP contribution in [-0.4, -0.2) is 60.5 Å². The molecule has 0 saturated carbocycles. The van der Waals surface area contributed by atoms with E-state index in [-0.39, 0.29) is 18.0 Å². The van der Waals surface area contributed by atoms with E-state index < -0.39 is 5.97 Å². The summed E-state index contributed by atoms with van der Waals surface area (Å²) in [5, 5.41) is 9.70. The normalized spacial score (nSPS) is 18.1. The molecule has 3 heterocycles. The van der Waals surface area contributed by atoms with Crippen LogP contribution in [0.5, 0.6) is 5.75 Å². The lowest BCUT2D eigenvalue weighted by molar-refractivity contribution is -0.122. The molecule has 2 aromatic carbocycles. The molecule has 2 aliphatic heterocycles. The maximum absolute atomic E-state index is 13.5. The first-order chi connectivity index (χ1) is 18.0. The highest BCUT2D eigenvalue weighted by Crippen LogP contribution is 2.36. The minimum absolute atomic E-state index is 0.187. The monoisotopic (exact) mass is 519 g/mol. The number of aliphatic imine (C=N–C) groups is 1. The second-order valence-corrected chi connectivity index (χ2v) is 9.38. The van der Waals surface area contributed by atoms with Crippen molar-refractivity contribution >= 4 is 46.5 Å². The van der Waals surface area contributed by atoms with Crippen LogP contribution in [-0.2, 0) is 16.1 Å². The third-order valence-electron chi connectivity index (χ3n) is 5.94. The topological polar surface area (TPSA) is 105 Å². The molecule has 190 valence electrons. The van der Waals surface area contributed by atoms with Gasteiger partial charge in [0.2, 0.25) is 0 Å². The molecule has 37 heavy (non-hydrogen) atoms. The number of carbonyl (C=O) groups is 2. The number of aromatic carboxylic acids is 1. The largest absolute Gasteiger partial charge is 0.497 e. The van der Waals surface area contributed by atoms with Crippen molar-refractivity contribution in [2.24, 2.45) is 4.99 Å². The Morgan fingerprint density at radius 1 is 1.08 bits per heavy atom. The standard InChI is InChI=1S/C27H25N3O6S/c1-34-21-8-6-20(7-9-21)28-27-30(17-18-2-4-19(5-3-18)26(32)33)25(31)23(37-27)16-22-10-11-24(36-22)29-12-14-35-15-13-29/h2-11,16H,12-15,17H2,1H3,(H,32,33)/b23-16-,28-27?. The van der Waals surface area contributed by atoms with Crippen LogP contribution in [0.4, 0.5) is 11.6 Å². The quantitative estimate of drug-likeness (QED) is 0.451. The van der Waals surface area contributed by atoms with Gasteiger partial charge in [0, 0.05) is 25.2 Å². The number of amidine groups is 1. The number of rotatable bonds is 7. The van der Waals surface area contributed by atoms with Crippen LogP contribution in [0.1, 0.15) is 21.7 Å². The zero-order valence-corrected chi connectivity index (χ0v) is 20.9. The number of ether oxygens (including phenoxy) is 2. The predicted molar refractivity (Wildman–Crippen MR) is 141 cm³/mol. The minimum atomic E-state index is -0.999. The molecule has 0 spiro atoms. The van der Waals surface area contributed by atoms with Gasteiger partial charge in [-0.05, 0) is 59.8 Å². The highest BCUT2D eigenvalue weighted by atomic mass is 32.2. The average Bonchev–Trinajstić information content (AvgIpc) is 3.50. The summed E-state index contributed by atoms with van der Waals surface area (Å²) in [7, 11) is 1.60. The second kappa shape index (κ2) is 10.9. The van der Waals surface area contributed by atoms with Crippen molar-refractivity contribution < 1.29 is 28.6 Å². The molecule has 10 heteroatoms. The Bertz CT molecular complexity index is 1340. The van der Waals surface area contributed by atoms with Crippen molar-refractivity contribution in [1.82, 2.24) is 4.90 Å². The Labute approximate surface area is 218 Å². The number of carboxylic acid groups (broad SMARTS) is 1. The van der Waals surface area contributed by atoms with Gasteiger partial charge in [0.15, 0.2) is 11.1 Å². The number of benzene rings is 2. The summed E-state index contributed by atoms with van der Waals surface area (Å²) in [6.45, 7) is 3.06. The van der Waals surface area contributed by atoms with Crippen molar-refractivity contribution in [1.29, 1.82) is 0 Å². The van der Waals surface area contributed by atoms with E-state index in [1.165, 1.54) is 23.9 Å². The smallest absolute Gasteiger partial charge is 0.335 e. The number of hydrogen-bond acceptors (Lipinski definition) is 8. The molecular weight excluding hydrogens is 494 g/mol. The number of amides is 1. The van der Waals surface area contributed by atoms with Crippen LogP contribution in [0.3, 0.4) is 0 Å². The number of hydrogen-bond donors (Lipinski definition) is 1. The van der Waals surface area contributed by atoms with Crippen molar-refractivity contribution in [2.45, 2.75) is 6.54 Å². The molecule has 2 aliphatic rings.